The number of benzene rings is 1. The largest absolute Gasteiger partial charge is 0.269 e. The summed E-state index contributed by atoms with van der Waals surface area (Å²) in [4.78, 5) is 10.2. The van der Waals surface area contributed by atoms with Gasteiger partial charge in [-0.1, -0.05) is 6.08 Å². The second-order valence-electron chi connectivity index (χ2n) is 6.32. The van der Waals surface area contributed by atoms with Gasteiger partial charge in [-0.3, -0.25) is 10.1 Å². The van der Waals surface area contributed by atoms with Gasteiger partial charge in [0.05, 0.1) is 9.82 Å². The first-order chi connectivity index (χ1) is 11.8. The van der Waals surface area contributed by atoms with E-state index in [1.54, 1.807) is 6.08 Å². The zero-order valence-electron chi connectivity index (χ0n) is 14.4. The van der Waals surface area contributed by atoms with Crippen LogP contribution in [-0.2, 0) is 10.0 Å². The summed E-state index contributed by atoms with van der Waals surface area (Å²) in [5.74, 6) is 0.618. The molecular formula is C18H22N2O4S. The van der Waals surface area contributed by atoms with Crippen molar-refractivity contribution in [1.82, 2.24) is 4.31 Å². The third-order valence-corrected chi connectivity index (χ3v) is 5.94. The third kappa shape index (κ3) is 4.89. The van der Waals surface area contributed by atoms with Crippen LogP contribution in [0.15, 0.2) is 59.2 Å². The topological polar surface area (TPSA) is 80.5 Å². The average Bonchev–Trinajstić information content (AvgIpc) is 3.32. The molecule has 1 aliphatic rings. The Morgan fingerprint density at radius 3 is 2.52 bits per heavy atom. The lowest BCUT2D eigenvalue weighted by atomic mass is 10.3. The third-order valence-electron chi connectivity index (χ3n) is 4.09. The van der Waals surface area contributed by atoms with Crippen molar-refractivity contribution < 1.29 is 13.3 Å². The number of allylic oxidation sites excluding steroid dienone is 1. The van der Waals surface area contributed by atoms with Gasteiger partial charge in [0.15, 0.2) is 0 Å². The van der Waals surface area contributed by atoms with Crippen LogP contribution in [0.5, 0.6) is 0 Å². The average molecular weight is 362 g/mol. The van der Waals surface area contributed by atoms with Crippen LogP contribution in [0, 0.1) is 22.0 Å². The summed E-state index contributed by atoms with van der Waals surface area (Å²) >= 11 is 0. The molecule has 134 valence electrons. The van der Waals surface area contributed by atoms with Crippen LogP contribution in [0.1, 0.15) is 20.3 Å². The molecule has 0 amide bonds. The first kappa shape index (κ1) is 19.1. The number of hydrogen-bond acceptors (Lipinski definition) is 4. The maximum atomic E-state index is 12.9. The fourth-order valence-corrected chi connectivity index (χ4v) is 3.98. The van der Waals surface area contributed by atoms with E-state index in [-0.39, 0.29) is 23.0 Å². The smallest absolute Gasteiger partial charge is 0.258 e. The van der Waals surface area contributed by atoms with E-state index in [1.807, 2.05) is 19.9 Å². The monoisotopic (exact) mass is 362 g/mol. The fourth-order valence-electron chi connectivity index (χ4n) is 2.54. The minimum atomic E-state index is -3.73. The van der Waals surface area contributed by atoms with E-state index >= 15 is 0 Å². The minimum absolute atomic E-state index is 0.0551. The van der Waals surface area contributed by atoms with Crippen LogP contribution in [0.25, 0.3) is 0 Å². The Morgan fingerprint density at radius 1 is 1.40 bits per heavy atom. The Balaban J connectivity index is 2.27. The maximum Gasteiger partial charge on any atom is 0.269 e. The zero-order valence-corrected chi connectivity index (χ0v) is 15.2. The Labute approximate surface area is 148 Å². The molecule has 1 aromatic carbocycles. The van der Waals surface area contributed by atoms with E-state index in [1.165, 1.54) is 28.6 Å². The molecule has 0 unspecified atom stereocenters. The number of non-ortho nitro benzene ring substituents is 1. The molecule has 2 atom stereocenters. The van der Waals surface area contributed by atoms with Gasteiger partial charge in [0, 0.05) is 25.2 Å². The molecule has 0 spiro atoms. The molecule has 2 rings (SSSR count). The lowest BCUT2D eigenvalue weighted by molar-refractivity contribution is -0.384. The van der Waals surface area contributed by atoms with Crippen molar-refractivity contribution in [2.45, 2.75) is 25.2 Å². The molecule has 0 heterocycles. The predicted octanol–water partition coefficient (Wildman–Crippen LogP) is 3.53. The summed E-state index contributed by atoms with van der Waals surface area (Å²) in [7, 11) is -3.73. The molecule has 1 saturated carbocycles. The fraction of sp³-hybridized carbons (Fsp3) is 0.389. The highest BCUT2D eigenvalue weighted by Crippen LogP contribution is 2.40. The van der Waals surface area contributed by atoms with E-state index < -0.39 is 14.9 Å². The summed E-state index contributed by atoms with van der Waals surface area (Å²) < 4.78 is 27.2. The summed E-state index contributed by atoms with van der Waals surface area (Å²) in [6.45, 7) is 8.15. The van der Waals surface area contributed by atoms with E-state index in [0.29, 0.717) is 12.5 Å². The summed E-state index contributed by atoms with van der Waals surface area (Å²) in [6, 6.07) is 4.98. The minimum Gasteiger partial charge on any atom is -0.258 e. The van der Waals surface area contributed by atoms with E-state index in [2.05, 4.69) is 12.3 Å². The Hall–Kier alpha value is -2.21. The molecule has 1 aliphatic carbocycles. The first-order valence-electron chi connectivity index (χ1n) is 8.01. The lowest BCUT2D eigenvalue weighted by Gasteiger charge is -2.20. The number of nitro benzene ring substituents is 1. The molecule has 0 aromatic heterocycles. The molecule has 6 nitrogen and oxygen atoms in total. The maximum absolute atomic E-state index is 12.9. The summed E-state index contributed by atoms with van der Waals surface area (Å²) in [6.07, 6.45) is 4.49. The van der Waals surface area contributed by atoms with Gasteiger partial charge in [0.2, 0.25) is 10.0 Å². The van der Waals surface area contributed by atoms with Crippen LogP contribution in [0.2, 0.25) is 0 Å². The Kier molecular flexibility index (Phi) is 5.95. The number of sulfonamides is 1. The van der Waals surface area contributed by atoms with Crippen LogP contribution in [-0.4, -0.2) is 30.7 Å². The molecule has 0 saturated heterocycles. The number of nitrogens with zero attached hydrogens (tertiary/aromatic N) is 2. The molecule has 0 N–H and O–H groups in total. The van der Waals surface area contributed by atoms with E-state index in [0.717, 1.165) is 12.0 Å². The summed E-state index contributed by atoms with van der Waals surface area (Å²) in [5.41, 5.74) is 3.84. The van der Waals surface area contributed by atoms with Crippen molar-refractivity contribution in [2.24, 2.45) is 11.8 Å². The highest BCUT2D eigenvalue weighted by molar-refractivity contribution is 7.89. The highest BCUT2D eigenvalue weighted by Gasteiger charge is 2.38. The highest BCUT2D eigenvalue weighted by atomic mass is 32.2. The van der Waals surface area contributed by atoms with Crippen LogP contribution in [0.3, 0.4) is 0 Å². The van der Waals surface area contributed by atoms with Gasteiger partial charge in [0.1, 0.15) is 0 Å². The number of rotatable bonds is 8. The van der Waals surface area contributed by atoms with Gasteiger partial charge in [0.25, 0.3) is 5.69 Å². The normalized spacial score (nSPS) is 19.2. The predicted molar refractivity (Wildman–Crippen MR) is 96.6 cm³/mol. The first-order valence-corrected chi connectivity index (χ1v) is 9.45. The zero-order chi connectivity index (χ0) is 18.6. The van der Waals surface area contributed by atoms with Gasteiger partial charge in [-0.2, -0.15) is 4.31 Å². The van der Waals surface area contributed by atoms with Crippen molar-refractivity contribution in [3.63, 3.8) is 0 Å². The molecule has 1 aromatic rings. The van der Waals surface area contributed by atoms with Gasteiger partial charge >= 0.3 is 0 Å². The van der Waals surface area contributed by atoms with Crippen molar-refractivity contribution in [3.8, 4) is 0 Å². The molecule has 0 aliphatic heterocycles. The van der Waals surface area contributed by atoms with Crippen LogP contribution in [0.4, 0.5) is 5.69 Å². The van der Waals surface area contributed by atoms with Crippen molar-refractivity contribution >= 4 is 15.7 Å². The lowest BCUT2D eigenvalue weighted by Crippen LogP contribution is -2.33. The molecule has 25 heavy (non-hydrogen) atoms. The van der Waals surface area contributed by atoms with Gasteiger partial charge in [-0.25, -0.2) is 8.42 Å². The molecule has 0 bridgehead atoms. The standard InChI is InChI=1S/C18H22N2O4S/c1-4-15-12-16(15)13-19(11-5-6-14(2)3)25(23,24)18-9-7-17(8-10-18)20(21)22/h4-5,7-10,15-16H,1,11-13H2,2-3H3/t15-,16-/m0/s1. The van der Waals surface area contributed by atoms with Gasteiger partial charge < -0.3 is 0 Å². The van der Waals surface area contributed by atoms with E-state index in [9.17, 15) is 18.5 Å². The number of nitro groups is 1. The second-order valence-corrected chi connectivity index (χ2v) is 8.25. The second kappa shape index (κ2) is 7.78. The summed E-state index contributed by atoms with van der Waals surface area (Å²) in [5, 5.41) is 10.7. The Bertz CT molecular complexity index is 817. The molecule has 1 fully saturated rings. The molecular weight excluding hydrogens is 340 g/mol. The molecule has 7 heteroatoms. The van der Waals surface area contributed by atoms with Crippen LogP contribution >= 0.6 is 0 Å². The van der Waals surface area contributed by atoms with Crippen LogP contribution < -0.4 is 0 Å². The SMILES string of the molecule is C=C[C@H]1C[C@H]1CN(CC=C=C(C)C)S(=O)(=O)c1ccc([N+](=O)[O-])cc1. The number of hydrogen-bond donors (Lipinski definition) is 0. The Morgan fingerprint density at radius 2 is 2.04 bits per heavy atom. The van der Waals surface area contributed by atoms with Gasteiger partial charge in [-0.05, 0) is 55.9 Å². The van der Waals surface area contributed by atoms with E-state index in [4.69, 9.17) is 0 Å². The molecule has 0 radical (unpaired) electrons. The van der Waals surface area contributed by atoms with Crippen molar-refractivity contribution in [1.29, 1.82) is 0 Å². The van der Waals surface area contributed by atoms with Crippen molar-refractivity contribution in [2.75, 3.05) is 13.1 Å². The quantitative estimate of drug-likeness (QED) is 0.307. The van der Waals surface area contributed by atoms with Crippen molar-refractivity contribution in [3.05, 3.63) is 64.4 Å². The van der Waals surface area contributed by atoms with Gasteiger partial charge in [-0.15, -0.1) is 12.3 Å².